The number of aromatic nitrogens is 1. The Morgan fingerprint density at radius 1 is 1.29 bits per heavy atom. The Hall–Kier alpha value is -3.08. The number of carbonyl (C=O) groups is 2. The van der Waals surface area contributed by atoms with Crippen LogP contribution in [0.1, 0.15) is 23.0 Å². The SMILES string of the molecule is CCOC(=O)N1CC(COS(C)(=O)=O)C(N(c2cn(C)c(C(=O)Nc3ccc(F)c(C)c3)c2F)S(=O)[O-])C1. The van der Waals surface area contributed by atoms with E-state index in [0.717, 1.165) is 28.0 Å². The molecule has 0 spiro atoms. The van der Waals surface area contributed by atoms with Crippen LogP contribution in [0.5, 0.6) is 0 Å². The van der Waals surface area contributed by atoms with Gasteiger partial charge in [0.05, 0.1) is 25.5 Å². The molecule has 0 radical (unpaired) electrons. The number of anilines is 2. The third-order valence-electron chi connectivity index (χ3n) is 5.86. The standard InChI is InChI=1S/C22H28F2N4O8S2/c1-5-35-22(30)27-9-14(12-36-38(4,33)34)17(11-27)28(37(31)32)18-10-26(3)20(19(18)24)21(29)25-15-6-7-16(23)13(2)8-15/h6-8,10,14,17H,5,9,11-12H2,1-4H3,(H,25,29)(H,31,32)/p-1. The number of nitrogens with zero attached hydrogens (tertiary/aromatic N) is 3. The molecule has 210 valence electrons. The first-order valence-electron chi connectivity index (χ1n) is 11.3. The fourth-order valence-electron chi connectivity index (χ4n) is 4.13. The first kappa shape index (κ1) is 29.5. The second-order valence-corrected chi connectivity index (χ2v) is 11.1. The summed E-state index contributed by atoms with van der Waals surface area (Å²) in [7, 11) is -2.59. The molecule has 0 saturated carbocycles. The molecule has 16 heteroatoms. The van der Waals surface area contributed by atoms with Gasteiger partial charge in [0.25, 0.3) is 16.0 Å². The number of aryl methyl sites for hydroxylation is 2. The van der Waals surface area contributed by atoms with Crippen LogP contribution in [0.2, 0.25) is 0 Å². The summed E-state index contributed by atoms with van der Waals surface area (Å²) < 4.78 is 88.6. The van der Waals surface area contributed by atoms with Crippen LogP contribution in [0.4, 0.5) is 25.0 Å². The number of likely N-dealkylation sites (tertiary alicyclic amines) is 1. The molecule has 12 nitrogen and oxygen atoms in total. The molecule has 2 heterocycles. The smallest absolute Gasteiger partial charge is 0.409 e. The van der Waals surface area contributed by atoms with Crippen molar-refractivity contribution in [2.24, 2.45) is 13.0 Å². The lowest BCUT2D eigenvalue weighted by Crippen LogP contribution is -2.44. The number of rotatable bonds is 9. The Balaban J connectivity index is 1.96. The zero-order valence-electron chi connectivity index (χ0n) is 21.0. The van der Waals surface area contributed by atoms with Gasteiger partial charge in [-0.3, -0.25) is 17.5 Å². The van der Waals surface area contributed by atoms with Crippen LogP contribution in [0.3, 0.4) is 0 Å². The van der Waals surface area contributed by atoms with E-state index in [1.165, 1.54) is 26.1 Å². The van der Waals surface area contributed by atoms with Gasteiger partial charge in [-0.15, -0.1) is 0 Å². The first-order chi connectivity index (χ1) is 17.7. The molecule has 1 saturated heterocycles. The van der Waals surface area contributed by atoms with Gasteiger partial charge in [-0.2, -0.15) is 8.42 Å². The Labute approximate surface area is 221 Å². The maximum atomic E-state index is 15.6. The molecule has 1 aromatic heterocycles. The summed E-state index contributed by atoms with van der Waals surface area (Å²) in [6.45, 7) is 2.24. The minimum Gasteiger partial charge on any atom is -0.755 e. The highest BCUT2D eigenvalue weighted by molar-refractivity contribution is 7.86. The summed E-state index contributed by atoms with van der Waals surface area (Å²) in [6.07, 6.45) is 1.13. The number of halogens is 2. The molecule has 3 rings (SSSR count). The van der Waals surface area contributed by atoms with E-state index < -0.39 is 75.0 Å². The number of benzene rings is 1. The highest BCUT2D eigenvalue weighted by Crippen LogP contribution is 2.33. The van der Waals surface area contributed by atoms with Crippen LogP contribution in [-0.4, -0.2) is 77.2 Å². The fraction of sp³-hybridized carbons (Fsp3) is 0.455. The maximum Gasteiger partial charge on any atom is 0.409 e. The summed E-state index contributed by atoms with van der Waals surface area (Å²) in [5.74, 6) is -3.47. The van der Waals surface area contributed by atoms with Gasteiger partial charge >= 0.3 is 6.09 Å². The van der Waals surface area contributed by atoms with Crippen LogP contribution in [0.15, 0.2) is 24.4 Å². The van der Waals surface area contributed by atoms with E-state index in [2.05, 4.69) is 5.32 Å². The fourth-order valence-corrected chi connectivity index (χ4v) is 5.30. The maximum absolute atomic E-state index is 15.6. The van der Waals surface area contributed by atoms with Crippen molar-refractivity contribution < 1.29 is 44.5 Å². The minimum atomic E-state index is -3.91. The monoisotopic (exact) mass is 577 g/mol. The van der Waals surface area contributed by atoms with Crippen LogP contribution in [0, 0.1) is 24.5 Å². The number of nitrogens with one attached hydrogen (secondary N) is 1. The largest absolute Gasteiger partial charge is 0.755 e. The van der Waals surface area contributed by atoms with Crippen molar-refractivity contribution in [1.29, 1.82) is 0 Å². The average molecular weight is 578 g/mol. The van der Waals surface area contributed by atoms with Crippen molar-refractivity contribution in [3.63, 3.8) is 0 Å². The van der Waals surface area contributed by atoms with Crippen molar-refractivity contribution in [3.05, 3.63) is 47.3 Å². The lowest BCUT2D eigenvalue weighted by Gasteiger charge is -2.34. The molecule has 1 aliphatic heterocycles. The van der Waals surface area contributed by atoms with Gasteiger partial charge in [0.15, 0.2) is 5.82 Å². The molecule has 1 aromatic carbocycles. The zero-order valence-corrected chi connectivity index (χ0v) is 22.6. The van der Waals surface area contributed by atoms with Gasteiger partial charge < -0.3 is 24.1 Å². The summed E-state index contributed by atoms with van der Waals surface area (Å²) in [5, 5.41) is 2.45. The topological polar surface area (TPSA) is 150 Å². The van der Waals surface area contributed by atoms with E-state index in [-0.39, 0.29) is 30.9 Å². The Morgan fingerprint density at radius 2 is 1.97 bits per heavy atom. The Kier molecular flexibility index (Phi) is 9.12. The van der Waals surface area contributed by atoms with Crippen molar-refractivity contribution in [1.82, 2.24) is 9.47 Å². The second-order valence-electron chi connectivity index (χ2n) is 8.67. The van der Waals surface area contributed by atoms with Crippen LogP contribution in [0.25, 0.3) is 0 Å². The van der Waals surface area contributed by atoms with E-state index in [1.54, 1.807) is 6.92 Å². The van der Waals surface area contributed by atoms with Crippen LogP contribution in [-0.2, 0) is 37.4 Å². The number of carbonyl (C=O) groups excluding carboxylic acids is 2. The summed E-state index contributed by atoms with van der Waals surface area (Å²) in [5.41, 5.74) is -0.569. The molecule has 1 fully saturated rings. The first-order valence-corrected chi connectivity index (χ1v) is 14.1. The predicted molar refractivity (Wildman–Crippen MR) is 133 cm³/mol. The molecule has 0 aliphatic carbocycles. The molecule has 1 aliphatic rings. The molecule has 1 N–H and O–H groups in total. The van der Waals surface area contributed by atoms with Crippen molar-refractivity contribution in [2.75, 3.05) is 42.2 Å². The molecule has 3 atom stereocenters. The van der Waals surface area contributed by atoms with Gasteiger partial charge in [-0.25, -0.2) is 13.6 Å². The van der Waals surface area contributed by atoms with Gasteiger partial charge in [0.1, 0.15) is 17.2 Å². The third-order valence-corrected chi connectivity index (χ3v) is 7.21. The van der Waals surface area contributed by atoms with E-state index >= 15 is 4.39 Å². The summed E-state index contributed by atoms with van der Waals surface area (Å²) in [6, 6.07) is 2.62. The molecule has 2 aromatic rings. The molecular weight excluding hydrogens is 550 g/mol. The summed E-state index contributed by atoms with van der Waals surface area (Å²) >= 11 is -3.11. The highest BCUT2D eigenvalue weighted by atomic mass is 32.2. The van der Waals surface area contributed by atoms with Crippen molar-refractivity contribution >= 4 is 44.8 Å². The third kappa shape index (κ3) is 6.67. The molecule has 3 unspecified atom stereocenters. The molecule has 2 amide bonds. The predicted octanol–water partition coefficient (Wildman–Crippen LogP) is 1.90. The lowest BCUT2D eigenvalue weighted by atomic mass is 10.1. The minimum absolute atomic E-state index is 0.0427. The average Bonchev–Trinajstić information content (AvgIpc) is 3.35. The van der Waals surface area contributed by atoms with Crippen LogP contribution < -0.4 is 9.62 Å². The van der Waals surface area contributed by atoms with Gasteiger partial charge in [0, 0.05) is 49.2 Å². The number of ether oxygens (including phenoxy) is 1. The second kappa shape index (κ2) is 11.8. The van der Waals surface area contributed by atoms with E-state index in [4.69, 9.17) is 8.92 Å². The quantitative estimate of drug-likeness (QED) is 0.351. The van der Waals surface area contributed by atoms with Gasteiger partial charge in [-0.1, -0.05) is 0 Å². The Morgan fingerprint density at radius 3 is 2.55 bits per heavy atom. The number of amides is 2. The zero-order chi connectivity index (χ0) is 28.4. The van der Waals surface area contributed by atoms with E-state index in [9.17, 15) is 31.2 Å². The highest BCUT2D eigenvalue weighted by Gasteiger charge is 2.42. The van der Waals surface area contributed by atoms with Crippen molar-refractivity contribution in [2.45, 2.75) is 19.9 Å². The Bertz CT molecular complexity index is 1350. The normalized spacial score (nSPS) is 18.3. The van der Waals surface area contributed by atoms with Crippen LogP contribution >= 0.6 is 0 Å². The van der Waals surface area contributed by atoms with E-state index in [1.807, 2.05) is 0 Å². The number of hydrogen-bond acceptors (Lipinski definition) is 8. The van der Waals surface area contributed by atoms with E-state index in [0.29, 0.717) is 4.31 Å². The number of hydrogen-bond donors (Lipinski definition) is 1. The van der Waals surface area contributed by atoms with Gasteiger partial charge in [-0.05, 0) is 37.6 Å². The molecule has 0 bridgehead atoms. The molecular formula is C22H27F2N4O8S2-. The lowest BCUT2D eigenvalue weighted by molar-refractivity contribution is 0.101. The van der Waals surface area contributed by atoms with Crippen molar-refractivity contribution in [3.8, 4) is 0 Å². The van der Waals surface area contributed by atoms with Gasteiger partial charge in [0.2, 0.25) is 0 Å². The molecule has 38 heavy (non-hydrogen) atoms. The summed E-state index contributed by atoms with van der Waals surface area (Å²) in [4.78, 5) is 26.4.